The van der Waals surface area contributed by atoms with Crippen molar-refractivity contribution in [3.05, 3.63) is 41.4 Å². The molecule has 0 radical (unpaired) electrons. The van der Waals surface area contributed by atoms with E-state index in [0.717, 1.165) is 24.3 Å². The van der Waals surface area contributed by atoms with Crippen molar-refractivity contribution in [3.63, 3.8) is 0 Å². The summed E-state index contributed by atoms with van der Waals surface area (Å²) >= 11 is 0. The van der Waals surface area contributed by atoms with Crippen LogP contribution in [0.25, 0.3) is 22.3 Å². The van der Waals surface area contributed by atoms with Crippen LogP contribution in [-0.4, -0.2) is 181 Å². The molecular formula is C36H53N15O24P4. The Morgan fingerprint density at radius 3 is 2.13 bits per heavy atom. The summed E-state index contributed by atoms with van der Waals surface area (Å²) in [6, 6.07) is 0. The van der Waals surface area contributed by atoms with Gasteiger partial charge in [0.05, 0.1) is 45.6 Å². The highest BCUT2D eigenvalue weighted by atomic mass is 31.3. The number of nitrogen functional groups attached to an aromatic ring is 1. The molecule has 43 heteroatoms. The number of H-pyrrole nitrogens is 1. The number of aromatic amines is 1. The van der Waals surface area contributed by atoms with E-state index >= 15 is 0 Å². The van der Waals surface area contributed by atoms with Gasteiger partial charge < -0.3 is 89.5 Å². The largest absolute Gasteiger partial charge is 0.756 e. The number of nitrogens with zero attached hydrogens (tertiary/aromatic N) is 10. The summed E-state index contributed by atoms with van der Waals surface area (Å²) in [5.41, 5.74) is 10.9. The molecule has 17 atom stereocenters. The number of phosphoric ester groups is 3. The molecule has 9 rings (SSSR count). The first kappa shape index (κ1) is 58.8. The van der Waals surface area contributed by atoms with Gasteiger partial charge in [0, 0.05) is 33.8 Å². The Hall–Kier alpha value is -4.86. The van der Waals surface area contributed by atoms with Crippen LogP contribution in [0.4, 0.5) is 17.6 Å². The van der Waals surface area contributed by atoms with Crippen molar-refractivity contribution in [3.8, 4) is 0 Å². The molecule has 5 aromatic heterocycles. The summed E-state index contributed by atoms with van der Waals surface area (Å²) in [5.74, 6) is -0.949. The average molecular weight is 1200 g/mol. The minimum absolute atomic E-state index is 0.0461. The smallest absolute Gasteiger partial charge is 0.490 e. The van der Waals surface area contributed by atoms with Gasteiger partial charge in [-0.25, -0.2) is 43.5 Å². The maximum Gasteiger partial charge on any atom is 0.490 e. The molecule has 5 unspecified atom stereocenters. The van der Waals surface area contributed by atoms with Crippen LogP contribution in [0.5, 0.6) is 0 Å². The lowest BCUT2D eigenvalue weighted by atomic mass is 9.95. The number of hydrogen-bond donors (Lipinski definition) is 12. The van der Waals surface area contributed by atoms with Gasteiger partial charge in [0.1, 0.15) is 54.6 Å². The normalized spacial score (nSPS) is 31.1. The molecule has 79 heavy (non-hydrogen) atoms. The number of nitrogens with one attached hydrogen (secondary N) is 3. The summed E-state index contributed by atoms with van der Waals surface area (Å²) < 4.78 is 116. The number of aliphatic hydroxyl groups excluding tert-OH is 4. The molecule has 436 valence electrons. The van der Waals surface area contributed by atoms with Crippen LogP contribution in [0.15, 0.2) is 35.1 Å². The number of guanidine groups is 1. The monoisotopic (exact) mass is 1200 g/mol. The number of fused-ring (bicyclic) bond motifs is 3. The van der Waals surface area contributed by atoms with E-state index in [2.05, 4.69) is 54.2 Å². The van der Waals surface area contributed by atoms with E-state index in [0.29, 0.717) is 0 Å². The topological polar surface area (TPSA) is 539 Å². The van der Waals surface area contributed by atoms with Crippen molar-refractivity contribution in [2.45, 2.75) is 80.2 Å². The van der Waals surface area contributed by atoms with Crippen LogP contribution in [0.1, 0.15) is 37.0 Å². The fourth-order valence-electron chi connectivity index (χ4n) is 9.27. The fraction of sp³-hybridized carbons (Fsp3) is 0.611. The first-order valence-electron chi connectivity index (χ1n) is 23.1. The molecule has 0 aliphatic carbocycles. The summed E-state index contributed by atoms with van der Waals surface area (Å²) in [6.45, 7) is -3.16. The molecular weight excluding hydrogens is 1150 g/mol. The maximum atomic E-state index is 13.7. The fourth-order valence-corrected chi connectivity index (χ4v) is 13.7. The molecule has 0 saturated carbocycles. The highest BCUT2D eigenvalue weighted by Crippen LogP contribution is 2.68. The van der Waals surface area contributed by atoms with E-state index in [1.807, 2.05) is 0 Å². The summed E-state index contributed by atoms with van der Waals surface area (Å²) in [6.07, 6.45) is -13.9. The number of aliphatic imine (C=N–C) groups is 1. The molecule has 3 fully saturated rings. The zero-order valence-corrected chi connectivity index (χ0v) is 44.9. The first-order chi connectivity index (χ1) is 37.2. The Morgan fingerprint density at radius 1 is 0.810 bits per heavy atom. The molecule has 0 amide bonds. The van der Waals surface area contributed by atoms with Crippen molar-refractivity contribution in [1.82, 2.24) is 43.6 Å². The number of hydrogen-bond acceptors (Lipinski definition) is 31. The van der Waals surface area contributed by atoms with Gasteiger partial charge >= 0.3 is 23.5 Å². The molecule has 39 nitrogen and oxygen atoms in total. The lowest BCUT2D eigenvalue weighted by Gasteiger charge is -2.31. The quantitative estimate of drug-likeness (QED) is 0.0221. The van der Waals surface area contributed by atoms with Gasteiger partial charge in [-0.1, -0.05) is 0 Å². The maximum absolute atomic E-state index is 13.7. The second-order valence-corrected chi connectivity index (χ2v) is 23.7. The van der Waals surface area contributed by atoms with Gasteiger partial charge in [-0.3, -0.25) is 37.1 Å². The molecule has 0 aromatic carbocycles. The van der Waals surface area contributed by atoms with Crippen molar-refractivity contribution in [2.75, 3.05) is 64.1 Å². The SMILES string of the molecule is CNc1ncnc2c1ncn2[C@@H]1O[C@H](COP(=O)(O)OP(=O)(O)OP(=O)(O)OC[C@H]2O[C@@H]([n+]3cn(C)c4c3NC(N)=NC4O)[C@H](O)[C@@H]2CCOC)[C@@H](OP(=O)([O-])OC[C@H]2O[C@@H](n3cnc4c(=O)[nH]c(N)nc43)[C@H](O)[C@@H]2O)[C@H]1OC. The summed E-state index contributed by atoms with van der Waals surface area (Å²) in [5, 5.41) is 49.3. The summed E-state index contributed by atoms with van der Waals surface area (Å²) in [4.78, 5) is 84.4. The zero-order chi connectivity index (χ0) is 57.1. The van der Waals surface area contributed by atoms with Gasteiger partial charge in [0.25, 0.3) is 25.2 Å². The number of ether oxygens (including phenoxy) is 5. The minimum atomic E-state index is -6.18. The predicted molar refractivity (Wildman–Crippen MR) is 256 cm³/mol. The number of imidazole rings is 3. The Kier molecular flexibility index (Phi) is 17.0. The van der Waals surface area contributed by atoms with Crippen molar-refractivity contribution >= 4 is 77.2 Å². The van der Waals surface area contributed by atoms with E-state index in [4.69, 9.17) is 53.2 Å². The molecule has 5 aromatic rings. The van der Waals surface area contributed by atoms with Crippen molar-refractivity contribution in [2.24, 2.45) is 23.7 Å². The number of aromatic nitrogens is 10. The molecule has 9 heterocycles. The number of nitrogens with two attached hydrogens (primary N) is 2. The number of rotatable bonds is 23. The lowest BCUT2D eigenvalue weighted by molar-refractivity contribution is -0.753. The molecule has 4 aliphatic rings. The Labute approximate surface area is 442 Å². The highest BCUT2D eigenvalue weighted by Gasteiger charge is 2.53. The van der Waals surface area contributed by atoms with Crippen LogP contribution in [0, 0.1) is 5.92 Å². The molecule has 0 spiro atoms. The van der Waals surface area contributed by atoms with Crippen LogP contribution < -0.4 is 37.1 Å². The van der Waals surface area contributed by atoms with E-state index in [9.17, 15) is 63.1 Å². The Morgan fingerprint density at radius 2 is 1.46 bits per heavy atom. The van der Waals surface area contributed by atoms with Crippen LogP contribution in [0.2, 0.25) is 0 Å². The predicted octanol–water partition coefficient (Wildman–Crippen LogP) is -3.68. The molecule has 14 N–H and O–H groups in total. The Bertz CT molecular complexity index is 3350. The Balaban J connectivity index is 0.873. The first-order valence-corrected chi connectivity index (χ1v) is 29.0. The molecule has 4 aliphatic heterocycles. The number of aryl methyl sites for hydroxylation is 1. The molecule has 3 saturated heterocycles. The lowest BCUT2D eigenvalue weighted by Crippen LogP contribution is -2.48. The second kappa shape index (κ2) is 22.8. The van der Waals surface area contributed by atoms with Crippen molar-refractivity contribution < 1.29 is 113 Å². The third-order valence-corrected chi connectivity index (χ3v) is 18.0. The molecule has 0 bridgehead atoms. The van der Waals surface area contributed by atoms with E-state index < -0.39 is 136 Å². The van der Waals surface area contributed by atoms with Crippen LogP contribution in [0.3, 0.4) is 0 Å². The third-order valence-electron chi connectivity index (χ3n) is 12.7. The van der Waals surface area contributed by atoms with Gasteiger partial charge in [0.2, 0.25) is 24.1 Å². The van der Waals surface area contributed by atoms with Crippen molar-refractivity contribution in [1.29, 1.82) is 0 Å². The second-order valence-electron chi connectivity index (χ2n) is 17.7. The van der Waals surface area contributed by atoms with Gasteiger partial charge in [-0.15, -0.1) is 0 Å². The number of aliphatic hydroxyl groups is 4. The van der Waals surface area contributed by atoms with Crippen LogP contribution >= 0.6 is 31.3 Å². The average Bonchev–Trinajstić information content (AvgIpc) is 4.30. The van der Waals surface area contributed by atoms with E-state index in [-0.39, 0.29) is 64.6 Å². The van der Waals surface area contributed by atoms with Gasteiger partial charge in [0.15, 0.2) is 41.4 Å². The zero-order valence-electron chi connectivity index (χ0n) is 41.3. The van der Waals surface area contributed by atoms with Gasteiger partial charge in [-0.2, -0.15) is 18.6 Å². The number of phosphoric acid groups is 4. The number of methoxy groups -OCH3 is 2. The van der Waals surface area contributed by atoms with Crippen LogP contribution in [-0.2, 0) is 75.7 Å². The highest BCUT2D eigenvalue weighted by molar-refractivity contribution is 7.66. The minimum Gasteiger partial charge on any atom is -0.756 e. The number of anilines is 3. The standard InChI is InChI=1S/C36H53N15O24P4/c1-39-26-18-27(41-10-40-26)49(11-42-18)34-25(66-4)24(73-76(57,58)67-8-16-22(53)23(54)33(71-16)50-12-43-19-28(50)44-35(37)46-30(19)55)17(72-34)9-69-78(61,62)75-79(63,64)74-77(59,60)68-7-15-14(5-6-65-3)21(52)32(70-15)51-13-48(2)20-29(51)45-36(38)47-31(20)56/h10-17,21-25,31-34,52-54,56H,5-9H2,1-4H3,(H10-,37,38,39,40,41,44,45,46,47,55,57,58,59,60,61,62,63,64)/t14-,15-,16-,17-,21-,22-,23-,24-,25-,31?,32-,33-,34-/m1/s1. The van der Waals surface area contributed by atoms with E-state index in [1.54, 1.807) is 14.1 Å². The van der Waals surface area contributed by atoms with Gasteiger partial charge in [-0.05, 0) is 6.42 Å². The third kappa shape index (κ3) is 12.2. The van der Waals surface area contributed by atoms with E-state index in [1.165, 1.54) is 33.5 Å². The summed E-state index contributed by atoms with van der Waals surface area (Å²) in [7, 11) is -18.0.